The first-order chi connectivity index (χ1) is 13.6. The van der Waals surface area contributed by atoms with E-state index in [-0.39, 0.29) is 11.8 Å². The molecule has 0 bridgehead atoms. The third kappa shape index (κ3) is 17.0. The lowest BCUT2D eigenvalue weighted by Gasteiger charge is -2.30. The second kappa shape index (κ2) is 15.2. The molecule has 0 aliphatic carbocycles. The highest BCUT2D eigenvalue weighted by atomic mass is 16.2. The minimum Gasteiger partial charge on any atom is -0.352 e. The number of carbonyl (C=O) groups is 2. The highest BCUT2D eigenvalue weighted by Crippen LogP contribution is 2.10. The smallest absolute Gasteiger partial charge is 0.243 e. The van der Waals surface area contributed by atoms with Crippen LogP contribution in [0.15, 0.2) is 25.3 Å². The van der Waals surface area contributed by atoms with E-state index < -0.39 is 0 Å². The molecule has 0 radical (unpaired) electrons. The first-order valence-corrected chi connectivity index (χ1v) is 11.1. The summed E-state index contributed by atoms with van der Waals surface area (Å²) in [6, 6.07) is 0. The number of nitrogens with zero attached hydrogens (tertiary/aromatic N) is 2. The normalized spacial score (nSPS) is 11.7. The van der Waals surface area contributed by atoms with Crippen molar-refractivity contribution in [2.75, 3.05) is 67.5 Å². The van der Waals surface area contributed by atoms with Gasteiger partial charge < -0.3 is 19.6 Å². The fourth-order valence-corrected chi connectivity index (χ4v) is 3.42. The summed E-state index contributed by atoms with van der Waals surface area (Å²) in [5.74, 6) is -0.173. The molecule has 6 heteroatoms. The van der Waals surface area contributed by atoms with Crippen LogP contribution in [0.25, 0.3) is 0 Å². The van der Waals surface area contributed by atoms with E-state index in [0.29, 0.717) is 0 Å². The van der Waals surface area contributed by atoms with Crippen molar-refractivity contribution in [1.29, 1.82) is 0 Å². The van der Waals surface area contributed by atoms with E-state index in [1.54, 1.807) is 0 Å². The van der Waals surface area contributed by atoms with E-state index in [1.807, 2.05) is 0 Å². The van der Waals surface area contributed by atoms with Crippen molar-refractivity contribution in [1.82, 2.24) is 10.6 Å². The summed E-state index contributed by atoms with van der Waals surface area (Å²) >= 11 is 0. The van der Waals surface area contributed by atoms with Gasteiger partial charge in [0.05, 0.1) is 54.4 Å². The van der Waals surface area contributed by atoms with Crippen LogP contribution < -0.4 is 10.6 Å². The average molecular weight is 411 g/mol. The van der Waals surface area contributed by atoms with Crippen LogP contribution in [0.4, 0.5) is 0 Å². The Labute approximate surface area is 179 Å². The number of unbranched alkanes of at least 4 members (excludes halogenated alkanes) is 4. The molecule has 0 aromatic heterocycles. The molecule has 0 unspecified atom stereocenters. The molecule has 0 aliphatic heterocycles. The maximum Gasteiger partial charge on any atom is 0.243 e. The van der Waals surface area contributed by atoms with E-state index in [1.165, 1.54) is 57.3 Å². The van der Waals surface area contributed by atoms with Gasteiger partial charge in [-0.1, -0.05) is 19.6 Å². The minimum absolute atomic E-state index is 0.0865. The molecule has 0 saturated heterocycles. The van der Waals surface area contributed by atoms with Crippen molar-refractivity contribution < 1.29 is 18.6 Å². The van der Waals surface area contributed by atoms with Gasteiger partial charge in [0.2, 0.25) is 11.8 Å². The molecule has 29 heavy (non-hydrogen) atoms. The van der Waals surface area contributed by atoms with Crippen LogP contribution in [0.5, 0.6) is 0 Å². The van der Waals surface area contributed by atoms with Crippen LogP contribution in [-0.2, 0) is 9.59 Å². The zero-order chi connectivity index (χ0) is 22.2. The van der Waals surface area contributed by atoms with Gasteiger partial charge in [0.25, 0.3) is 0 Å². The van der Waals surface area contributed by atoms with Gasteiger partial charge in [0, 0.05) is 25.9 Å². The van der Waals surface area contributed by atoms with E-state index in [2.05, 4.69) is 52.0 Å². The maximum absolute atomic E-state index is 11.1. The van der Waals surface area contributed by atoms with Gasteiger partial charge in [-0.15, -0.1) is 0 Å². The molecule has 0 atom stereocenters. The van der Waals surface area contributed by atoms with Gasteiger partial charge in [0.15, 0.2) is 0 Å². The predicted octanol–water partition coefficient (Wildman–Crippen LogP) is 2.47. The van der Waals surface area contributed by atoms with Crippen LogP contribution in [0, 0.1) is 0 Å². The molecular weight excluding hydrogens is 364 g/mol. The summed E-state index contributed by atoms with van der Waals surface area (Å²) in [6.07, 6.45) is 11.0. The summed E-state index contributed by atoms with van der Waals surface area (Å²) in [6.45, 7) is 12.9. The van der Waals surface area contributed by atoms with Gasteiger partial charge in [-0.05, 0) is 37.8 Å². The molecule has 2 N–H and O–H groups in total. The monoisotopic (exact) mass is 410 g/mol. The van der Waals surface area contributed by atoms with Gasteiger partial charge >= 0.3 is 0 Å². The highest BCUT2D eigenvalue weighted by Gasteiger charge is 2.15. The maximum atomic E-state index is 11.1. The lowest BCUT2D eigenvalue weighted by molar-refractivity contribution is -0.890. The van der Waals surface area contributed by atoms with Crippen molar-refractivity contribution in [2.45, 2.75) is 44.9 Å². The topological polar surface area (TPSA) is 58.2 Å². The van der Waals surface area contributed by atoms with Crippen LogP contribution >= 0.6 is 0 Å². The van der Waals surface area contributed by atoms with Crippen LogP contribution in [-0.4, -0.2) is 88.2 Å². The molecule has 0 spiro atoms. The predicted molar refractivity (Wildman–Crippen MR) is 122 cm³/mol. The Kier molecular flexibility index (Phi) is 14.3. The Morgan fingerprint density at radius 2 is 0.931 bits per heavy atom. The number of quaternary nitrogens is 2. The standard InChI is InChI=1S/C23H44N4O2/c1-7-22(28)24-16-14-20-26(3,4)18-12-10-9-11-13-19-27(5,6)21-15-17-25-23(29)8-2/h7-8H,1-2,9-21H2,3-6H3/p+2. The number of amides is 2. The number of nitrogens with one attached hydrogen (secondary N) is 2. The number of rotatable bonds is 18. The molecule has 0 rings (SSSR count). The lowest BCUT2D eigenvalue weighted by Crippen LogP contribution is -2.42. The third-order valence-electron chi connectivity index (χ3n) is 5.38. The molecule has 6 nitrogen and oxygen atoms in total. The van der Waals surface area contributed by atoms with Crippen molar-refractivity contribution in [3.8, 4) is 0 Å². The number of hydrogen-bond donors (Lipinski definition) is 2. The molecular formula is C23H46N4O2+2. The Bertz CT molecular complexity index is 457. The zero-order valence-corrected chi connectivity index (χ0v) is 19.5. The summed E-state index contributed by atoms with van der Waals surface area (Å²) < 4.78 is 2.02. The second-order valence-electron chi connectivity index (χ2n) is 9.23. The van der Waals surface area contributed by atoms with Gasteiger partial charge in [-0.25, -0.2) is 0 Å². The largest absolute Gasteiger partial charge is 0.352 e. The molecule has 0 aromatic rings. The zero-order valence-electron chi connectivity index (χ0n) is 19.5. The van der Waals surface area contributed by atoms with Gasteiger partial charge in [-0.2, -0.15) is 0 Å². The fraction of sp³-hybridized carbons (Fsp3) is 0.739. The Morgan fingerprint density at radius 1 is 0.621 bits per heavy atom. The molecule has 168 valence electrons. The summed E-state index contributed by atoms with van der Waals surface area (Å²) in [7, 11) is 9.08. The second-order valence-corrected chi connectivity index (χ2v) is 9.23. The number of carbonyl (C=O) groups excluding carboxylic acids is 2. The van der Waals surface area contributed by atoms with Crippen molar-refractivity contribution in [2.24, 2.45) is 0 Å². The molecule has 0 fully saturated rings. The highest BCUT2D eigenvalue weighted by molar-refractivity contribution is 5.87. The first kappa shape index (κ1) is 27.3. The van der Waals surface area contributed by atoms with Crippen molar-refractivity contribution >= 4 is 11.8 Å². The minimum atomic E-state index is -0.0865. The van der Waals surface area contributed by atoms with E-state index >= 15 is 0 Å². The van der Waals surface area contributed by atoms with Gasteiger partial charge in [-0.3, -0.25) is 9.59 Å². The molecule has 0 aromatic carbocycles. The first-order valence-electron chi connectivity index (χ1n) is 11.1. The summed E-state index contributed by atoms with van der Waals surface area (Å²) in [5.41, 5.74) is 0. The summed E-state index contributed by atoms with van der Waals surface area (Å²) in [5, 5.41) is 5.68. The van der Waals surface area contributed by atoms with Crippen LogP contribution in [0.1, 0.15) is 44.9 Å². The summed E-state index contributed by atoms with van der Waals surface area (Å²) in [4.78, 5) is 22.3. The molecule has 0 heterocycles. The quantitative estimate of drug-likeness (QED) is 0.207. The van der Waals surface area contributed by atoms with E-state index in [0.717, 1.165) is 48.0 Å². The Hall–Kier alpha value is -1.66. The third-order valence-corrected chi connectivity index (χ3v) is 5.38. The molecule has 0 saturated carbocycles. The van der Waals surface area contributed by atoms with E-state index in [4.69, 9.17) is 0 Å². The SMILES string of the molecule is C=CC(=O)NCCC[N+](C)(C)CCCCCCC[N+](C)(C)CCCNC(=O)C=C. The Morgan fingerprint density at radius 3 is 1.28 bits per heavy atom. The fourth-order valence-electron chi connectivity index (χ4n) is 3.42. The van der Waals surface area contributed by atoms with Crippen molar-refractivity contribution in [3.05, 3.63) is 25.3 Å². The molecule has 0 aliphatic rings. The lowest BCUT2D eigenvalue weighted by atomic mass is 10.1. The van der Waals surface area contributed by atoms with E-state index in [9.17, 15) is 9.59 Å². The van der Waals surface area contributed by atoms with Crippen molar-refractivity contribution in [3.63, 3.8) is 0 Å². The van der Waals surface area contributed by atoms with Crippen LogP contribution in [0.3, 0.4) is 0 Å². The van der Waals surface area contributed by atoms with Crippen LogP contribution in [0.2, 0.25) is 0 Å². The van der Waals surface area contributed by atoms with Gasteiger partial charge in [0.1, 0.15) is 0 Å². The molecule has 2 amide bonds. The Balaban J connectivity index is 3.69. The average Bonchev–Trinajstić information content (AvgIpc) is 2.67. The number of hydrogen-bond acceptors (Lipinski definition) is 2.